The first kappa shape index (κ1) is 9.90. The van der Waals surface area contributed by atoms with Crippen LogP contribution in [0, 0.1) is 0 Å². The lowest BCUT2D eigenvalue weighted by Crippen LogP contribution is -1.95. The highest BCUT2D eigenvalue weighted by molar-refractivity contribution is 5.80. The summed E-state index contributed by atoms with van der Waals surface area (Å²) in [6, 6.07) is 13.8. The van der Waals surface area contributed by atoms with E-state index < -0.39 is 0 Å². The lowest BCUT2D eigenvalue weighted by molar-refractivity contribution is 0.109. The molecule has 3 rings (SSSR count). The summed E-state index contributed by atoms with van der Waals surface area (Å²) in [6.07, 6.45) is 2.74. The molecule has 3 nitrogen and oxygen atoms in total. The summed E-state index contributed by atoms with van der Waals surface area (Å²) in [6.45, 7) is 0.640. The summed E-state index contributed by atoms with van der Waals surface area (Å²) < 4.78 is 7.47. The number of fused-ring (bicyclic) bond motifs is 1. The van der Waals surface area contributed by atoms with Gasteiger partial charge in [0.05, 0.1) is 6.54 Å². The number of aromatic nitrogens is 1. The molecule has 0 spiro atoms. The monoisotopic (exact) mass is 225 g/mol. The summed E-state index contributed by atoms with van der Waals surface area (Å²) in [5, 5.41) is 1.20. The van der Waals surface area contributed by atoms with E-state index in [9.17, 15) is 4.79 Å². The average molecular weight is 225 g/mol. The molecule has 1 aromatic carbocycles. The van der Waals surface area contributed by atoms with E-state index in [0.717, 1.165) is 17.6 Å². The Hall–Kier alpha value is -2.29. The van der Waals surface area contributed by atoms with Crippen molar-refractivity contribution in [1.29, 1.82) is 0 Å². The van der Waals surface area contributed by atoms with Crippen LogP contribution in [0.4, 0.5) is 0 Å². The van der Waals surface area contributed by atoms with Crippen molar-refractivity contribution in [3.63, 3.8) is 0 Å². The molecule has 2 heterocycles. The van der Waals surface area contributed by atoms with Gasteiger partial charge >= 0.3 is 0 Å². The van der Waals surface area contributed by atoms with E-state index in [1.807, 2.05) is 24.4 Å². The van der Waals surface area contributed by atoms with Crippen molar-refractivity contribution in [2.45, 2.75) is 6.54 Å². The van der Waals surface area contributed by atoms with E-state index >= 15 is 0 Å². The zero-order chi connectivity index (χ0) is 11.7. The van der Waals surface area contributed by atoms with Gasteiger partial charge < -0.3 is 8.98 Å². The van der Waals surface area contributed by atoms with E-state index in [0.29, 0.717) is 12.3 Å². The number of furan rings is 1. The maximum atomic E-state index is 10.5. The molecule has 3 aromatic rings. The fraction of sp³-hybridized carbons (Fsp3) is 0.0714. The standard InChI is InChI=1S/C14H11NO2/c16-10-13-6-5-12(17-13)9-15-8-7-11-3-1-2-4-14(11)15/h1-8,10H,9H2. The Balaban J connectivity index is 1.96. The number of aldehydes is 1. The molecule has 17 heavy (non-hydrogen) atoms. The molecule has 0 unspecified atom stereocenters. The Morgan fingerprint density at radius 2 is 2.00 bits per heavy atom. The van der Waals surface area contributed by atoms with Crippen LogP contribution < -0.4 is 0 Å². The quantitative estimate of drug-likeness (QED) is 0.642. The fourth-order valence-corrected chi connectivity index (χ4v) is 1.99. The molecule has 0 fully saturated rings. The van der Waals surface area contributed by atoms with Crippen molar-refractivity contribution in [3.8, 4) is 0 Å². The van der Waals surface area contributed by atoms with Crippen molar-refractivity contribution in [2.24, 2.45) is 0 Å². The molecule has 0 saturated carbocycles. The second-order valence-corrected chi connectivity index (χ2v) is 3.92. The molecule has 0 atom stereocenters. The predicted octanol–water partition coefficient (Wildman–Crippen LogP) is 3.10. The minimum Gasteiger partial charge on any atom is -0.456 e. The summed E-state index contributed by atoms with van der Waals surface area (Å²) in [5.74, 6) is 1.16. The SMILES string of the molecule is O=Cc1ccc(Cn2ccc3ccccc32)o1. The van der Waals surface area contributed by atoms with Gasteiger partial charge in [0.15, 0.2) is 12.0 Å². The van der Waals surface area contributed by atoms with Crippen molar-refractivity contribution in [1.82, 2.24) is 4.57 Å². The highest BCUT2D eigenvalue weighted by Crippen LogP contribution is 2.17. The smallest absolute Gasteiger partial charge is 0.185 e. The molecular formula is C14H11NO2. The lowest BCUT2D eigenvalue weighted by atomic mass is 10.2. The van der Waals surface area contributed by atoms with E-state index in [1.165, 1.54) is 5.39 Å². The fourth-order valence-electron chi connectivity index (χ4n) is 1.99. The summed E-state index contributed by atoms with van der Waals surface area (Å²) in [5.41, 5.74) is 1.16. The van der Waals surface area contributed by atoms with E-state index in [1.54, 1.807) is 6.07 Å². The summed E-state index contributed by atoms with van der Waals surface area (Å²) in [7, 11) is 0. The largest absolute Gasteiger partial charge is 0.456 e. The van der Waals surface area contributed by atoms with Crippen LogP contribution in [0.3, 0.4) is 0 Å². The molecule has 0 amide bonds. The predicted molar refractivity (Wildman–Crippen MR) is 65.1 cm³/mol. The molecule has 0 radical (unpaired) electrons. The first-order chi connectivity index (χ1) is 8.36. The molecule has 84 valence electrons. The van der Waals surface area contributed by atoms with Crippen LogP contribution in [0.5, 0.6) is 0 Å². The Labute approximate surface area is 98.3 Å². The molecule has 0 aliphatic rings. The molecule has 2 aromatic heterocycles. The third kappa shape index (κ3) is 1.76. The molecule has 0 saturated heterocycles. The van der Waals surface area contributed by atoms with E-state index in [2.05, 4.69) is 22.8 Å². The Morgan fingerprint density at radius 3 is 2.82 bits per heavy atom. The van der Waals surface area contributed by atoms with Crippen LogP contribution in [0.15, 0.2) is 53.1 Å². The van der Waals surface area contributed by atoms with Crippen molar-refractivity contribution < 1.29 is 9.21 Å². The number of hydrogen-bond acceptors (Lipinski definition) is 2. The van der Waals surface area contributed by atoms with Gasteiger partial charge in [-0.25, -0.2) is 0 Å². The zero-order valence-electron chi connectivity index (χ0n) is 9.17. The topological polar surface area (TPSA) is 35.1 Å². The number of nitrogens with zero attached hydrogens (tertiary/aromatic N) is 1. The van der Waals surface area contributed by atoms with Gasteiger partial charge in [-0.2, -0.15) is 0 Å². The third-order valence-corrected chi connectivity index (χ3v) is 2.80. The molecule has 0 aliphatic carbocycles. The summed E-state index contributed by atoms with van der Waals surface area (Å²) in [4.78, 5) is 10.5. The molecule has 0 N–H and O–H groups in total. The Kier molecular flexibility index (Phi) is 2.29. The minimum atomic E-state index is 0.372. The average Bonchev–Trinajstić information content (AvgIpc) is 2.97. The van der Waals surface area contributed by atoms with Crippen LogP contribution in [0.2, 0.25) is 0 Å². The van der Waals surface area contributed by atoms with Gasteiger partial charge in [-0.05, 0) is 29.7 Å². The minimum absolute atomic E-state index is 0.372. The zero-order valence-corrected chi connectivity index (χ0v) is 9.17. The van der Waals surface area contributed by atoms with Gasteiger partial charge in [0.1, 0.15) is 5.76 Å². The maximum Gasteiger partial charge on any atom is 0.185 e. The van der Waals surface area contributed by atoms with Crippen molar-refractivity contribution >= 4 is 17.2 Å². The van der Waals surface area contributed by atoms with Gasteiger partial charge in [-0.15, -0.1) is 0 Å². The maximum absolute atomic E-state index is 10.5. The van der Waals surface area contributed by atoms with Crippen LogP contribution in [0.25, 0.3) is 10.9 Å². The van der Waals surface area contributed by atoms with Crippen LogP contribution >= 0.6 is 0 Å². The summed E-state index contributed by atoms with van der Waals surface area (Å²) >= 11 is 0. The highest BCUT2D eigenvalue weighted by Gasteiger charge is 2.04. The molecule has 0 bridgehead atoms. The van der Waals surface area contributed by atoms with E-state index in [-0.39, 0.29) is 0 Å². The Bertz CT molecular complexity index is 663. The normalized spacial score (nSPS) is 10.8. The van der Waals surface area contributed by atoms with Gasteiger partial charge in [-0.1, -0.05) is 18.2 Å². The van der Waals surface area contributed by atoms with Gasteiger partial charge in [-0.3, -0.25) is 4.79 Å². The van der Waals surface area contributed by atoms with Crippen molar-refractivity contribution in [3.05, 3.63) is 60.2 Å². The van der Waals surface area contributed by atoms with Gasteiger partial charge in [0, 0.05) is 11.7 Å². The van der Waals surface area contributed by atoms with Crippen LogP contribution in [-0.4, -0.2) is 10.9 Å². The second kappa shape index (κ2) is 3.94. The molecule has 0 aliphatic heterocycles. The molecular weight excluding hydrogens is 214 g/mol. The van der Waals surface area contributed by atoms with Crippen molar-refractivity contribution in [2.75, 3.05) is 0 Å². The number of carbonyl (C=O) groups excluding carboxylic acids is 1. The highest BCUT2D eigenvalue weighted by atomic mass is 16.3. The third-order valence-electron chi connectivity index (χ3n) is 2.80. The number of para-hydroxylation sites is 1. The van der Waals surface area contributed by atoms with Gasteiger partial charge in [0.25, 0.3) is 0 Å². The first-order valence-corrected chi connectivity index (χ1v) is 5.44. The number of benzene rings is 1. The number of carbonyl (C=O) groups is 1. The van der Waals surface area contributed by atoms with Crippen LogP contribution in [0.1, 0.15) is 16.3 Å². The Morgan fingerprint density at radius 1 is 1.12 bits per heavy atom. The van der Waals surface area contributed by atoms with E-state index in [4.69, 9.17) is 4.42 Å². The van der Waals surface area contributed by atoms with Gasteiger partial charge in [0.2, 0.25) is 0 Å². The first-order valence-electron chi connectivity index (χ1n) is 5.44. The number of rotatable bonds is 3. The molecule has 3 heteroatoms. The number of hydrogen-bond donors (Lipinski definition) is 0. The second-order valence-electron chi connectivity index (χ2n) is 3.92. The lowest BCUT2D eigenvalue weighted by Gasteiger charge is -2.02. The van der Waals surface area contributed by atoms with Crippen LogP contribution in [-0.2, 0) is 6.54 Å².